The summed E-state index contributed by atoms with van der Waals surface area (Å²) in [5.74, 6) is 0.150. The molecule has 0 bridgehead atoms. The van der Waals surface area contributed by atoms with Gasteiger partial charge in [0.2, 0.25) is 11.7 Å². The Labute approximate surface area is 190 Å². The Hall–Kier alpha value is -4.46. The molecule has 8 heteroatoms. The zero-order valence-corrected chi connectivity index (χ0v) is 18.2. The van der Waals surface area contributed by atoms with E-state index in [1.807, 2.05) is 44.2 Å². The zero-order valence-electron chi connectivity index (χ0n) is 18.2. The van der Waals surface area contributed by atoms with E-state index in [0.717, 1.165) is 16.7 Å². The van der Waals surface area contributed by atoms with Crippen molar-refractivity contribution in [3.05, 3.63) is 101 Å². The predicted molar refractivity (Wildman–Crippen MR) is 122 cm³/mol. The van der Waals surface area contributed by atoms with E-state index in [1.54, 1.807) is 30.3 Å². The minimum Gasteiger partial charge on any atom is -0.465 e. The van der Waals surface area contributed by atoms with Gasteiger partial charge in [0.25, 0.3) is 11.8 Å². The lowest BCUT2D eigenvalue weighted by Gasteiger charge is -2.10. The normalized spacial score (nSPS) is 11.3. The molecule has 8 nitrogen and oxygen atoms in total. The average molecular weight is 442 g/mol. The molecule has 0 radical (unpaired) electrons. The minimum atomic E-state index is -0.525. The Balaban J connectivity index is 1.47. The molecule has 2 amide bonds. The second-order valence-electron chi connectivity index (χ2n) is 7.46. The number of hydrogen-bond donors (Lipinski definition) is 2. The van der Waals surface area contributed by atoms with E-state index in [4.69, 9.17) is 8.94 Å². The Bertz CT molecular complexity index is 1290. The molecule has 0 aliphatic carbocycles. The average Bonchev–Trinajstić information content (AvgIpc) is 3.50. The second-order valence-corrected chi connectivity index (χ2v) is 7.46. The van der Waals surface area contributed by atoms with Crippen molar-refractivity contribution in [3.63, 3.8) is 0 Å². The number of carbonyl (C=O) groups is 2. The predicted octanol–water partition coefficient (Wildman–Crippen LogP) is 4.03. The van der Waals surface area contributed by atoms with Crippen molar-refractivity contribution in [1.82, 2.24) is 20.8 Å². The van der Waals surface area contributed by atoms with Crippen molar-refractivity contribution in [2.24, 2.45) is 0 Å². The summed E-state index contributed by atoms with van der Waals surface area (Å²) in [5, 5.41) is 9.31. The summed E-state index contributed by atoms with van der Waals surface area (Å²) in [5.41, 5.74) is 3.33. The van der Waals surface area contributed by atoms with Crippen molar-refractivity contribution in [1.29, 1.82) is 0 Å². The first kappa shape index (κ1) is 21.8. The molecule has 4 rings (SSSR count). The van der Waals surface area contributed by atoms with E-state index < -0.39 is 11.8 Å². The van der Waals surface area contributed by atoms with Gasteiger partial charge in [-0.3, -0.25) is 9.59 Å². The van der Waals surface area contributed by atoms with E-state index in [-0.39, 0.29) is 18.1 Å². The Morgan fingerprint density at radius 3 is 2.55 bits per heavy atom. The fraction of sp³-hybridized carbons (Fsp3) is 0.120. The van der Waals surface area contributed by atoms with Crippen LogP contribution in [0.3, 0.4) is 0 Å². The van der Waals surface area contributed by atoms with Gasteiger partial charge >= 0.3 is 0 Å². The van der Waals surface area contributed by atoms with E-state index >= 15 is 0 Å². The van der Waals surface area contributed by atoms with Crippen LogP contribution in [0.15, 0.2) is 81.6 Å². The van der Waals surface area contributed by atoms with Gasteiger partial charge in [-0.2, -0.15) is 4.98 Å². The highest BCUT2D eigenvalue weighted by molar-refractivity contribution is 6.05. The maximum absolute atomic E-state index is 12.9. The van der Waals surface area contributed by atoms with Crippen molar-refractivity contribution in [2.75, 3.05) is 0 Å². The monoisotopic (exact) mass is 442 g/mol. The molecule has 0 saturated heterocycles. The maximum atomic E-state index is 12.9. The van der Waals surface area contributed by atoms with Gasteiger partial charge in [-0.05, 0) is 38.1 Å². The van der Waals surface area contributed by atoms with Gasteiger partial charge in [-0.25, -0.2) is 0 Å². The first-order valence-electron chi connectivity index (χ1n) is 10.3. The van der Waals surface area contributed by atoms with Crippen molar-refractivity contribution >= 4 is 17.9 Å². The minimum absolute atomic E-state index is 0.00644. The maximum Gasteiger partial charge on any atom is 0.268 e. The molecule has 33 heavy (non-hydrogen) atoms. The lowest BCUT2D eigenvalue weighted by molar-refractivity contribution is -0.118. The van der Waals surface area contributed by atoms with Gasteiger partial charge in [0.1, 0.15) is 11.5 Å². The summed E-state index contributed by atoms with van der Waals surface area (Å²) in [6.45, 7) is 3.87. The van der Waals surface area contributed by atoms with Crippen LogP contribution >= 0.6 is 0 Å². The van der Waals surface area contributed by atoms with Gasteiger partial charge in [-0.1, -0.05) is 52.7 Å². The molecule has 2 N–H and O–H groups in total. The number of nitrogens with one attached hydrogen (secondary N) is 2. The highest BCUT2D eigenvalue weighted by atomic mass is 16.5. The van der Waals surface area contributed by atoms with Crippen molar-refractivity contribution in [3.8, 4) is 11.4 Å². The van der Waals surface area contributed by atoms with Crippen LogP contribution in [0.4, 0.5) is 0 Å². The third-order valence-electron chi connectivity index (χ3n) is 4.78. The first-order valence-corrected chi connectivity index (χ1v) is 10.3. The first-order chi connectivity index (χ1) is 16.0. The van der Waals surface area contributed by atoms with Gasteiger partial charge < -0.3 is 19.6 Å². The van der Waals surface area contributed by atoms with Crippen LogP contribution in [0, 0.1) is 13.8 Å². The molecule has 0 saturated carbocycles. The van der Waals surface area contributed by atoms with Crippen LogP contribution in [0.2, 0.25) is 0 Å². The molecule has 0 aliphatic heterocycles. The number of hydrogen-bond acceptors (Lipinski definition) is 6. The Morgan fingerprint density at radius 1 is 1.00 bits per heavy atom. The lowest BCUT2D eigenvalue weighted by Crippen LogP contribution is -2.34. The highest BCUT2D eigenvalue weighted by Gasteiger charge is 2.17. The van der Waals surface area contributed by atoms with E-state index in [9.17, 15) is 9.59 Å². The van der Waals surface area contributed by atoms with Gasteiger partial charge in [0.15, 0.2) is 0 Å². The van der Waals surface area contributed by atoms with Gasteiger partial charge in [0.05, 0.1) is 12.8 Å². The number of nitrogens with zero attached hydrogens (tertiary/aromatic N) is 2. The topological polar surface area (TPSA) is 110 Å². The van der Waals surface area contributed by atoms with Crippen LogP contribution in [0.1, 0.15) is 33.1 Å². The van der Waals surface area contributed by atoms with Crippen LogP contribution in [0.25, 0.3) is 17.5 Å². The lowest BCUT2D eigenvalue weighted by atomic mass is 10.1. The van der Waals surface area contributed by atoms with E-state index in [1.165, 1.54) is 12.3 Å². The molecule has 2 heterocycles. The number of aromatic nitrogens is 2. The standard InChI is InChI=1S/C25H22N4O4/c1-16-8-10-18(11-9-16)23-28-22(33-29-23)15-26-25(31)21(14-20-7-4-12-32-20)27-24(30)19-6-3-5-17(2)13-19/h3-14H,15H2,1-2H3,(H,26,31)(H,27,30)/b21-14-. The molecule has 0 spiro atoms. The van der Waals surface area contributed by atoms with Gasteiger partial charge in [0, 0.05) is 17.2 Å². The SMILES string of the molecule is Cc1ccc(-c2noc(CNC(=O)/C(=C/c3ccco3)NC(=O)c3cccc(C)c3)n2)cc1. The zero-order chi connectivity index (χ0) is 23.2. The second kappa shape index (κ2) is 9.78. The third-order valence-corrected chi connectivity index (χ3v) is 4.78. The number of carbonyl (C=O) groups excluding carboxylic acids is 2. The molecule has 166 valence electrons. The number of aryl methyl sites for hydroxylation is 2. The largest absolute Gasteiger partial charge is 0.465 e. The molecule has 0 atom stereocenters. The smallest absolute Gasteiger partial charge is 0.268 e. The molecule has 2 aromatic carbocycles. The van der Waals surface area contributed by atoms with Crippen LogP contribution in [-0.2, 0) is 11.3 Å². The van der Waals surface area contributed by atoms with Crippen LogP contribution in [-0.4, -0.2) is 22.0 Å². The molecular formula is C25H22N4O4. The molecular weight excluding hydrogens is 420 g/mol. The Morgan fingerprint density at radius 2 is 1.82 bits per heavy atom. The van der Waals surface area contributed by atoms with E-state index in [2.05, 4.69) is 20.8 Å². The van der Waals surface area contributed by atoms with Gasteiger partial charge in [-0.15, -0.1) is 0 Å². The summed E-state index contributed by atoms with van der Waals surface area (Å²) in [6, 6.07) is 18.2. The van der Waals surface area contributed by atoms with Crippen LogP contribution in [0.5, 0.6) is 0 Å². The fourth-order valence-corrected chi connectivity index (χ4v) is 3.05. The Kier molecular flexibility index (Phi) is 6.45. The van der Waals surface area contributed by atoms with Crippen LogP contribution < -0.4 is 10.6 Å². The summed E-state index contributed by atoms with van der Waals surface area (Å²) in [7, 11) is 0. The third kappa shape index (κ3) is 5.62. The number of furan rings is 1. The molecule has 0 aliphatic rings. The summed E-state index contributed by atoms with van der Waals surface area (Å²) in [4.78, 5) is 29.9. The van der Waals surface area contributed by atoms with Crippen molar-refractivity contribution < 1.29 is 18.5 Å². The van der Waals surface area contributed by atoms with Crippen molar-refractivity contribution in [2.45, 2.75) is 20.4 Å². The molecule has 2 aromatic heterocycles. The summed E-state index contributed by atoms with van der Waals surface area (Å²) in [6.07, 6.45) is 2.93. The quantitative estimate of drug-likeness (QED) is 0.418. The van der Waals surface area contributed by atoms with E-state index in [0.29, 0.717) is 17.1 Å². The summed E-state index contributed by atoms with van der Waals surface area (Å²) >= 11 is 0. The number of amides is 2. The summed E-state index contributed by atoms with van der Waals surface area (Å²) < 4.78 is 10.5. The molecule has 0 fully saturated rings. The molecule has 0 unspecified atom stereocenters. The number of benzene rings is 2. The molecule has 4 aromatic rings. The fourth-order valence-electron chi connectivity index (χ4n) is 3.05. The highest BCUT2D eigenvalue weighted by Crippen LogP contribution is 2.16. The number of rotatable bonds is 7.